The van der Waals surface area contributed by atoms with Gasteiger partial charge in [-0.05, 0) is 73.1 Å². The van der Waals surface area contributed by atoms with E-state index in [4.69, 9.17) is 0 Å². The summed E-state index contributed by atoms with van der Waals surface area (Å²) in [5.41, 5.74) is 2.01. The van der Waals surface area contributed by atoms with Crippen LogP contribution in [0.25, 0.3) is 0 Å². The first-order chi connectivity index (χ1) is 15.0. The van der Waals surface area contributed by atoms with Crippen LogP contribution < -0.4 is 10.6 Å². The number of nitrogens with one attached hydrogen (secondary N) is 2. The van der Waals surface area contributed by atoms with Crippen molar-refractivity contribution in [3.05, 3.63) is 29.3 Å². The number of rotatable bonds is 2. The summed E-state index contributed by atoms with van der Waals surface area (Å²) in [6.07, 6.45) is 4.58. The van der Waals surface area contributed by atoms with E-state index in [1.54, 1.807) is 12.1 Å². The minimum Gasteiger partial charge on any atom is -0.324 e. The van der Waals surface area contributed by atoms with Gasteiger partial charge in [-0.1, -0.05) is 0 Å². The molecule has 2 bridgehead atoms. The van der Waals surface area contributed by atoms with E-state index in [1.807, 2.05) is 11.0 Å². The first-order valence-corrected chi connectivity index (χ1v) is 11.3. The highest BCUT2D eigenvalue weighted by Crippen LogP contribution is 2.55. The molecule has 2 saturated carbocycles. The van der Waals surface area contributed by atoms with Gasteiger partial charge in [0.05, 0.1) is 0 Å². The number of benzene rings is 1. The molecule has 8 heteroatoms. The third-order valence-electron chi connectivity index (χ3n) is 8.20. The standard InChI is InChI=1S/C23H26N4O4/c28-20-6-5-19(21(29)25-20)27-9-14-8-15(3-4-16(14)22(27)30)24-23(31)26-10-17-12-1-2-13(7-12)18(17)11-26/h3-4,8,12-13,17-19H,1-2,5-7,9-11H2,(H,24,31)(H,25,28,29)/t12-,13+,17+,18?,19?/m1/s1. The van der Waals surface area contributed by atoms with Gasteiger partial charge < -0.3 is 15.1 Å². The summed E-state index contributed by atoms with van der Waals surface area (Å²) in [7, 11) is 0. The average molecular weight is 422 g/mol. The summed E-state index contributed by atoms with van der Waals surface area (Å²) >= 11 is 0. The largest absolute Gasteiger partial charge is 0.324 e. The number of urea groups is 1. The summed E-state index contributed by atoms with van der Waals surface area (Å²) in [6.45, 7) is 2.01. The lowest BCUT2D eigenvalue weighted by atomic mass is 9.82. The Morgan fingerprint density at radius 3 is 2.48 bits per heavy atom. The quantitative estimate of drug-likeness (QED) is 0.712. The number of hydrogen-bond donors (Lipinski definition) is 2. The van der Waals surface area contributed by atoms with E-state index >= 15 is 0 Å². The van der Waals surface area contributed by atoms with E-state index in [2.05, 4.69) is 10.6 Å². The van der Waals surface area contributed by atoms with Gasteiger partial charge >= 0.3 is 6.03 Å². The Bertz CT molecular complexity index is 989. The first kappa shape index (κ1) is 18.8. The molecule has 3 heterocycles. The number of fused-ring (bicyclic) bond motifs is 6. The van der Waals surface area contributed by atoms with E-state index in [-0.39, 0.29) is 24.3 Å². The van der Waals surface area contributed by atoms with Crippen molar-refractivity contribution in [1.29, 1.82) is 0 Å². The number of carbonyl (C=O) groups excluding carboxylic acids is 4. The van der Waals surface area contributed by atoms with Gasteiger partial charge in [0.15, 0.2) is 0 Å². The fourth-order valence-corrected chi connectivity index (χ4v) is 6.70. The number of piperidine rings is 1. The molecule has 2 aliphatic carbocycles. The lowest BCUT2D eigenvalue weighted by molar-refractivity contribution is -0.136. The van der Waals surface area contributed by atoms with E-state index in [0.717, 1.165) is 30.5 Å². The predicted octanol–water partition coefficient (Wildman–Crippen LogP) is 1.96. The second kappa shape index (κ2) is 6.80. The van der Waals surface area contributed by atoms with Crippen molar-refractivity contribution in [2.24, 2.45) is 23.7 Å². The Hall–Kier alpha value is -2.90. The van der Waals surface area contributed by atoms with Gasteiger partial charge in [-0.25, -0.2) is 4.79 Å². The Kier molecular flexibility index (Phi) is 4.13. The van der Waals surface area contributed by atoms with Crippen LogP contribution in [0.4, 0.5) is 10.5 Å². The van der Waals surface area contributed by atoms with Gasteiger partial charge in [-0.2, -0.15) is 0 Å². The van der Waals surface area contributed by atoms with Gasteiger partial charge in [0.2, 0.25) is 11.8 Å². The van der Waals surface area contributed by atoms with Crippen molar-refractivity contribution < 1.29 is 19.2 Å². The molecule has 31 heavy (non-hydrogen) atoms. The molecule has 0 spiro atoms. The molecule has 0 aromatic heterocycles. The molecule has 5 amide bonds. The molecule has 2 saturated heterocycles. The minimum absolute atomic E-state index is 0.0694. The molecule has 5 aliphatic rings. The third kappa shape index (κ3) is 2.95. The molecule has 2 unspecified atom stereocenters. The van der Waals surface area contributed by atoms with Crippen LogP contribution in [-0.4, -0.2) is 52.7 Å². The highest BCUT2D eigenvalue weighted by molar-refractivity contribution is 6.05. The molecule has 8 nitrogen and oxygen atoms in total. The molecular weight excluding hydrogens is 396 g/mol. The van der Waals surface area contributed by atoms with Crippen molar-refractivity contribution in [3.8, 4) is 0 Å². The second-order valence-electron chi connectivity index (χ2n) is 9.77. The van der Waals surface area contributed by atoms with Crippen LogP contribution in [0.15, 0.2) is 18.2 Å². The molecule has 5 atom stereocenters. The van der Waals surface area contributed by atoms with E-state index in [9.17, 15) is 19.2 Å². The highest BCUT2D eigenvalue weighted by Gasteiger charge is 2.52. The molecule has 162 valence electrons. The summed E-state index contributed by atoms with van der Waals surface area (Å²) in [6, 6.07) is 4.61. The van der Waals surface area contributed by atoms with Crippen molar-refractivity contribution in [2.75, 3.05) is 18.4 Å². The third-order valence-corrected chi connectivity index (χ3v) is 8.20. The van der Waals surface area contributed by atoms with E-state index < -0.39 is 11.9 Å². The first-order valence-electron chi connectivity index (χ1n) is 11.3. The van der Waals surface area contributed by atoms with Gasteiger partial charge in [0.25, 0.3) is 5.91 Å². The molecule has 2 N–H and O–H groups in total. The molecule has 6 rings (SSSR count). The number of hydrogen-bond acceptors (Lipinski definition) is 4. The van der Waals surface area contributed by atoms with Crippen LogP contribution in [0.2, 0.25) is 0 Å². The van der Waals surface area contributed by atoms with Crippen LogP contribution in [-0.2, 0) is 16.1 Å². The second-order valence-corrected chi connectivity index (χ2v) is 9.77. The van der Waals surface area contributed by atoms with Crippen LogP contribution in [0.3, 0.4) is 0 Å². The maximum Gasteiger partial charge on any atom is 0.321 e. The normalized spacial score (nSPS) is 33.5. The number of likely N-dealkylation sites (tertiary alicyclic amines) is 1. The van der Waals surface area contributed by atoms with Gasteiger partial charge in [-0.3, -0.25) is 19.7 Å². The smallest absolute Gasteiger partial charge is 0.321 e. The Labute approximate surface area is 180 Å². The Morgan fingerprint density at radius 1 is 1.03 bits per heavy atom. The maximum absolute atomic E-state index is 12.9. The van der Waals surface area contributed by atoms with Gasteiger partial charge in [-0.15, -0.1) is 0 Å². The number of carbonyl (C=O) groups is 4. The SMILES string of the molecule is O=C1CCC(N2Cc3cc(NC(=O)N4CC5[C@H]6CC[C@H](C6)[C@@H]5C4)ccc3C2=O)C(=O)N1. The Morgan fingerprint density at radius 2 is 1.77 bits per heavy atom. The topological polar surface area (TPSA) is 98.8 Å². The van der Waals surface area contributed by atoms with E-state index in [1.165, 1.54) is 24.2 Å². The van der Waals surface area contributed by atoms with Crippen LogP contribution >= 0.6 is 0 Å². The van der Waals surface area contributed by atoms with Gasteiger partial charge in [0, 0.05) is 37.3 Å². The molecule has 3 aliphatic heterocycles. The number of anilines is 1. The fraction of sp³-hybridized carbons (Fsp3) is 0.565. The molecule has 1 aromatic rings. The Balaban J connectivity index is 1.13. The summed E-state index contributed by atoms with van der Waals surface area (Å²) in [5.74, 6) is 2.03. The van der Waals surface area contributed by atoms with Crippen LogP contribution in [0.5, 0.6) is 0 Å². The van der Waals surface area contributed by atoms with Crippen molar-refractivity contribution in [3.63, 3.8) is 0 Å². The lowest BCUT2D eigenvalue weighted by Crippen LogP contribution is -2.52. The average Bonchev–Trinajstić information content (AvgIpc) is 3.49. The number of nitrogens with zero attached hydrogens (tertiary/aromatic N) is 2. The molecule has 4 fully saturated rings. The van der Waals surface area contributed by atoms with Crippen molar-refractivity contribution in [1.82, 2.24) is 15.1 Å². The minimum atomic E-state index is -0.630. The maximum atomic E-state index is 12.9. The van der Waals surface area contributed by atoms with Gasteiger partial charge in [0.1, 0.15) is 6.04 Å². The zero-order valence-corrected chi connectivity index (χ0v) is 17.3. The molecule has 0 radical (unpaired) electrons. The van der Waals surface area contributed by atoms with Crippen molar-refractivity contribution in [2.45, 2.75) is 44.7 Å². The summed E-state index contributed by atoms with van der Waals surface area (Å²) < 4.78 is 0. The monoisotopic (exact) mass is 422 g/mol. The zero-order valence-electron chi connectivity index (χ0n) is 17.3. The highest BCUT2D eigenvalue weighted by atomic mass is 16.2. The number of amides is 5. The van der Waals surface area contributed by atoms with Crippen LogP contribution in [0.1, 0.15) is 48.0 Å². The predicted molar refractivity (Wildman–Crippen MR) is 111 cm³/mol. The molecular formula is C23H26N4O4. The lowest BCUT2D eigenvalue weighted by Gasteiger charge is -2.29. The number of imide groups is 1. The van der Waals surface area contributed by atoms with Crippen LogP contribution in [0, 0.1) is 23.7 Å². The zero-order chi connectivity index (χ0) is 21.3. The van der Waals surface area contributed by atoms with E-state index in [0.29, 0.717) is 36.1 Å². The summed E-state index contributed by atoms with van der Waals surface area (Å²) in [4.78, 5) is 52.8. The van der Waals surface area contributed by atoms with Crippen molar-refractivity contribution >= 4 is 29.4 Å². The summed E-state index contributed by atoms with van der Waals surface area (Å²) in [5, 5.41) is 5.33. The fourth-order valence-electron chi connectivity index (χ4n) is 6.70. The molecule has 1 aromatic carbocycles.